The van der Waals surface area contributed by atoms with Crippen molar-refractivity contribution < 1.29 is 9.59 Å². The molecule has 1 saturated heterocycles. The van der Waals surface area contributed by atoms with Crippen LogP contribution in [0.25, 0.3) is 0 Å². The van der Waals surface area contributed by atoms with Crippen LogP contribution in [-0.4, -0.2) is 39.9 Å². The van der Waals surface area contributed by atoms with E-state index >= 15 is 0 Å². The van der Waals surface area contributed by atoms with E-state index in [-0.39, 0.29) is 11.7 Å². The third-order valence-electron chi connectivity index (χ3n) is 4.70. The van der Waals surface area contributed by atoms with Crippen LogP contribution >= 0.6 is 0 Å². The van der Waals surface area contributed by atoms with Crippen LogP contribution in [0.3, 0.4) is 0 Å². The molecule has 1 aromatic carbocycles. The molecule has 2 heterocycles. The zero-order chi connectivity index (χ0) is 16.8. The van der Waals surface area contributed by atoms with Gasteiger partial charge in [0.25, 0.3) is 0 Å². The van der Waals surface area contributed by atoms with Gasteiger partial charge in [-0.3, -0.25) is 14.7 Å². The molecule has 0 unspecified atom stereocenters. The van der Waals surface area contributed by atoms with Crippen molar-refractivity contribution >= 4 is 11.7 Å². The molecule has 0 aliphatic carbocycles. The highest BCUT2D eigenvalue weighted by atomic mass is 16.2. The van der Waals surface area contributed by atoms with Crippen molar-refractivity contribution in [1.82, 2.24) is 15.1 Å². The fraction of sp³-hybridized carbons (Fsp3) is 0.421. The molecule has 1 aromatic heterocycles. The summed E-state index contributed by atoms with van der Waals surface area (Å²) in [5.74, 6) is 0.747. The molecule has 5 heteroatoms. The second-order valence-electron chi connectivity index (χ2n) is 6.31. The molecule has 0 radical (unpaired) electrons. The molecule has 24 heavy (non-hydrogen) atoms. The Morgan fingerprint density at radius 3 is 2.50 bits per heavy atom. The molecular weight excluding hydrogens is 302 g/mol. The molecule has 1 amide bonds. The highest BCUT2D eigenvalue weighted by molar-refractivity contribution is 5.96. The van der Waals surface area contributed by atoms with Gasteiger partial charge in [0.2, 0.25) is 5.91 Å². The summed E-state index contributed by atoms with van der Waals surface area (Å²) in [4.78, 5) is 26.3. The first-order valence-corrected chi connectivity index (χ1v) is 8.59. The first-order valence-electron chi connectivity index (χ1n) is 8.59. The van der Waals surface area contributed by atoms with Gasteiger partial charge in [0, 0.05) is 49.3 Å². The largest absolute Gasteiger partial charge is 0.343 e. The number of benzene rings is 1. The van der Waals surface area contributed by atoms with Crippen molar-refractivity contribution in [2.45, 2.75) is 38.0 Å². The normalized spacial score (nSPS) is 15.4. The SMILES string of the molecule is O=C(CCCC(=O)N1CCC(c2ccn[nH]2)CC1)c1ccccc1. The minimum atomic E-state index is 0.112. The van der Waals surface area contributed by atoms with Crippen molar-refractivity contribution in [3.8, 4) is 0 Å². The van der Waals surface area contributed by atoms with Crippen LogP contribution in [0.1, 0.15) is 54.1 Å². The van der Waals surface area contributed by atoms with Gasteiger partial charge in [0.05, 0.1) is 0 Å². The van der Waals surface area contributed by atoms with E-state index in [9.17, 15) is 9.59 Å². The molecule has 0 atom stereocenters. The Balaban J connectivity index is 1.39. The lowest BCUT2D eigenvalue weighted by Crippen LogP contribution is -2.37. The first-order chi connectivity index (χ1) is 11.7. The first kappa shape index (κ1) is 16.4. The summed E-state index contributed by atoms with van der Waals surface area (Å²) < 4.78 is 0. The number of hydrogen-bond acceptors (Lipinski definition) is 3. The zero-order valence-electron chi connectivity index (χ0n) is 13.8. The van der Waals surface area contributed by atoms with Crippen molar-refractivity contribution in [2.24, 2.45) is 0 Å². The lowest BCUT2D eigenvalue weighted by atomic mass is 9.93. The topological polar surface area (TPSA) is 66.1 Å². The summed E-state index contributed by atoms with van der Waals surface area (Å²) in [5.41, 5.74) is 1.89. The van der Waals surface area contributed by atoms with Crippen LogP contribution in [0.2, 0.25) is 0 Å². The Morgan fingerprint density at radius 1 is 1.08 bits per heavy atom. The number of H-pyrrole nitrogens is 1. The van der Waals surface area contributed by atoms with Gasteiger partial charge in [0.15, 0.2) is 5.78 Å². The molecule has 0 spiro atoms. The number of ketones is 1. The van der Waals surface area contributed by atoms with Gasteiger partial charge in [0.1, 0.15) is 0 Å². The Morgan fingerprint density at radius 2 is 1.83 bits per heavy atom. The molecule has 126 valence electrons. The molecule has 0 saturated carbocycles. The Bertz CT molecular complexity index is 659. The summed E-state index contributed by atoms with van der Waals surface area (Å²) in [6, 6.07) is 11.3. The molecule has 1 N–H and O–H groups in total. The highest BCUT2D eigenvalue weighted by Gasteiger charge is 2.24. The minimum absolute atomic E-state index is 0.112. The van der Waals surface area contributed by atoms with E-state index in [1.54, 1.807) is 6.20 Å². The fourth-order valence-electron chi connectivity index (χ4n) is 3.26. The van der Waals surface area contributed by atoms with Crippen LogP contribution in [0.15, 0.2) is 42.6 Å². The van der Waals surface area contributed by atoms with E-state index in [0.717, 1.165) is 37.2 Å². The number of carbonyl (C=O) groups excluding carboxylic acids is 2. The van der Waals surface area contributed by atoms with Crippen LogP contribution < -0.4 is 0 Å². The molecule has 1 fully saturated rings. The van der Waals surface area contributed by atoms with Crippen LogP contribution in [-0.2, 0) is 4.79 Å². The number of aromatic amines is 1. The lowest BCUT2D eigenvalue weighted by Gasteiger charge is -2.31. The molecular formula is C19H23N3O2. The number of Topliss-reactive ketones (excluding diaryl/α,β-unsaturated/α-hetero) is 1. The van der Waals surface area contributed by atoms with Crippen LogP contribution in [0.5, 0.6) is 0 Å². The predicted octanol–water partition coefficient (Wildman–Crippen LogP) is 3.17. The number of likely N-dealkylation sites (tertiary alicyclic amines) is 1. The van der Waals surface area contributed by atoms with E-state index in [1.807, 2.05) is 41.3 Å². The van der Waals surface area contributed by atoms with Crippen molar-refractivity contribution in [2.75, 3.05) is 13.1 Å². The molecule has 1 aliphatic heterocycles. The average molecular weight is 325 g/mol. The number of nitrogens with zero attached hydrogens (tertiary/aromatic N) is 2. The summed E-state index contributed by atoms with van der Waals surface area (Å²) in [6.07, 6.45) is 5.21. The van der Waals surface area contributed by atoms with Crippen molar-refractivity contribution in [3.63, 3.8) is 0 Å². The third kappa shape index (κ3) is 4.10. The van der Waals surface area contributed by atoms with Crippen LogP contribution in [0.4, 0.5) is 0 Å². The molecule has 2 aromatic rings. The van der Waals surface area contributed by atoms with Gasteiger partial charge < -0.3 is 4.90 Å². The monoisotopic (exact) mass is 325 g/mol. The van der Waals surface area contributed by atoms with Crippen molar-refractivity contribution in [1.29, 1.82) is 0 Å². The number of piperidine rings is 1. The second kappa shape index (κ2) is 7.90. The third-order valence-corrected chi connectivity index (χ3v) is 4.70. The van der Waals surface area contributed by atoms with E-state index in [2.05, 4.69) is 10.2 Å². The van der Waals surface area contributed by atoms with E-state index in [4.69, 9.17) is 0 Å². The van der Waals surface area contributed by atoms with Gasteiger partial charge in [-0.1, -0.05) is 30.3 Å². The van der Waals surface area contributed by atoms with E-state index in [1.165, 1.54) is 0 Å². The Hall–Kier alpha value is -2.43. The Labute approximate surface area is 142 Å². The second-order valence-corrected chi connectivity index (χ2v) is 6.31. The maximum absolute atomic E-state index is 12.3. The molecule has 5 nitrogen and oxygen atoms in total. The quantitative estimate of drug-likeness (QED) is 0.830. The lowest BCUT2D eigenvalue weighted by molar-refractivity contribution is -0.132. The number of amides is 1. The summed E-state index contributed by atoms with van der Waals surface area (Å²) in [5, 5.41) is 7.02. The fourth-order valence-corrected chi connectivity index (χ4v) is 3.26. The average Bonchev–Trinajstić information content (AvgIpc) is 3.17. The van der Waals surface area contributed by atoms with E-state index < -0.39 is 0 Å². The molecule has 3 rings (SSSR count). The van der Waals surface area contributed by atoms with Gasteiger partial charge in [-0.2, -0.15) is 5.10 Å². The number of aromatic nitrogens is 2. The smallest absolute Gasteiger partial charge is 0.222 e. The highest BCUT2D eigenvalue weighted by Crippen LogP contribution is 2.26. The summed E-state index contributed by atoms with van der Waals surface area (Å²) >= 11 is 0. The Kier molecular flexibility index (Phi) is 5.41. The van der Waals surface area contributed by atoms with E-state index in [0.29, 0.717) is 25.2 Å². The van der Waals surface area contributed by atoms with Crippen molar-refractivity contribution in [3.05, 3.63) is 53.9 Å². The minimum Gasteiger partial charge on any atom is -0.343 e. The van der Waals surface area contributed by atoms with Crippen LogP contribution in [0, 0.1) is 0 Å². The maximum Gasteiger partial charge on any atom is 0.222 e. The number of carbonyl (C=O) groups is 2. The van der Waals surface area contributed by atoms with Gasteiger partial charge in [-0.25, -0.2) is 0 Å². The number of rotatable bonds is 6. The van der Waals surface area contributed by atoms with Gasteiger partial charge >= 0.3 is 0 Å². The van der Waals surface area contributed by atoms with Gasteiger partial charge in [-0.05, 0) is 25.3 Å². The molecule has 1 aliphatic rings. The zero-order valence-corrected chi connectivity index (χ0v) is 13.8. The molecule has 0 bridgehead atoms. The maximum atomic E-state index is 12.3. The summed E-state index contributed by atoms with van der Waals surface area (Å²) in [6.45, 7) is 1.57. The standard InChI is InChI=1S/C19H23N3O2/c23-18(16-5-2-1-3-6-16)7-4-8-19(24)22-13-10-15(11-14-22)17-9-12-20-21-17/h1-3,5-6,9,12,15H,4,7-8,10-11,13-14H2,(H,20,21). The number of hydrogen-bond donors (Lipinski definition) is 1. The number of nitrogens with one attached hydrogen (secondary N) is 1. The predicted molar refractivity (Wildman–Crippen MR) is 91.8 cm³/mol. The summed E-state index contributed by atoms with van der Waals surface area (Å²) in [7, 11) is 0. The van der Waals surface area contributed by atoms with Gasteiger partial charge in [-0.15, -0.1) is 0 Å².